The third kappa shape index (κ3) is 2.28. The summed E-state index contributed by atoms with van der Waals surface area (Å²) in [6, 6.07) is 0. The lowest BCUT2D eigenvalue weighted by Crippen LogP contribution is -2.37. The molecular formula is C15H17NO4. The molecule has 5 heteroatoms. The number of carbonyl (C=O) groups is 3. The van der Waals surface area contributed by atoms with Gasteiger partial charge in [0.15, 0.2) is 0 Å². The summed E-state index contributed by atoms with van der Waals surface area (Å²) in [5.74, 6) is -0.770. The number of hydroxylamine groups is 2. The number of hydrogen-bond donors (Lipinski definition) is 0. The monoisotopic (exact) mass is 275 g/mol. The van der Waals surface area contributed by atoms with E-state index < -0.39 is 17.8 Å². The van der Waals surface area contributed by atoms with Gasteiger partial charge in [-0.2, -0.15) is 0 Å². The van der Waals surface area contributed by atoms with Gasteiger partial charge < -0.3 is 4.84 Å². The van der Waals surface area contributed by atoms with Crippen molar-refractivity contribution in [1.82, 2.24) is 5.06 Å². The number of carbonyl (C=O) groups excluding carboxylic acids is 3. The van der Waals surface area contributed by atoms with Crippen LogP contribution in [0.25, 0.3) is 0 Å². The first-order valence-electron chi connectivity index (χ1n) is 7.11. The highest BCUT2D eigenvalue weighted by Crippen LogP contribution is 2.41. The Labute approximate surface area is 117 Å². The quantitative estimate of drug-likeness (QED) is 0.570. The molecule has 0 aromatic carbocycles. The predicted octanol–water partition coefficient (Wildman–Crippen LogP) is 1.90. The summed E-state index contributed by atoms with van der Waals surface area (Å²) in [7, 11) is 0. The number of allylic oxidation sites excluding steroid dienone is 3. The highest BCUT2D eigenvalue weighted by atomic mass is 16.7. The van der Waals surface area contributed by atoms with Crippen LogP contribution >= 0.6 is 0 Å². The van der Waals surface area contributed by atoms with E-state index in [1.165, 1.54) is 0 Å². The molecule has 0 aromatic rings. The third-order valence-corrected chi connectivity index (χ3v) is 4.20. The average molecular weight is 275 g/mol. The van der Waals surface area contributed by atoms with Crippen LogP contribution in [0.1, 0.15) is 38.5 Å². The molecule has 1 fully saturated rings. The summed E-state index contributed by atoms with van der Waals surface area (Å²) in [5.41, 5.74) is 0.623. The smallest absolute Gasteiger partial charge is 0.325 e. The Hall–Kier alpha value is -1.91. The molecule has 3 aliphatic rings. The van der Waals surface area contributed by atoms with Gasteiger partial charge in [-0.3, -0.25) is 9.59 Å². The van der Waals surface area contributed by atoms with Crippen LogP contribution in [0.15, 0.2) is 23.8 Å². The zero-order valence-electron chi connectivity index (χ0n) is 11.2. The Bertz CT molecular complexity index is 504. The first-order chi connectivity index (χ1) is 9.66. The van der Waals surface area contributed by atoms with Gasteiger partial charge in [-0.25, -0.2) is 4.79 Å². The molecule has 106 valence electrons. The minimum Gasteiger partial charge on any atom is -0.325 e. The zero-order chi connectivity index (χ0) is 14.1. The van der Waals surface area contributed by atoms with Crippen molar-refractivity contribution in [2.24, 2.45) is 11.8 Å². The molecule has 5 nitrogen and oxygen atoms in total. The van der Waals surface area contributed by atoms with E-state index in [9.17, 15) is 14.4 Å². The Morgan fingerprint density at radius 1 is 1.10 bits per heavy atom. The summed E-state index contributed by atoms with van der Waals surface area (Å²) < 4.78 is 0. The van der Waals surface area contributed by atoms with E-state index in [4.69, 9.17) is 4.84 Å². The maximum Gasteiger partial charge on any atom is 0.359 e. The molecule has 2 atom stereocenters. The van der Waals surface area contributed by atoms with E-state index in [0.29, 0.717) is 16.6 Å². The van der Waals surface area contributed by atoms with E-state index in [1.54, 1.807) is 0 Å². The normalized spacial score (nSPS) is 30.8. The van der Waals surface area contributed by atoms with Crippen LogP contribution in [0.2, 0.25) is 0 Å². The Balaban J connectivity index is 1.65. The van der Waals surface area contributed by atoms with Gasteiger partial charge in [-0.05, 0) is 37.5 Å². The Morgan fingerprint density at radius 3 is 2.45 bits per heavy atom. The van der Waals surface area contributed by atoms with Crippen LogP contribution in [0.5, 0.6) is 0 Å². The topological polar surface area (TPSA) is 63.7 Å². The van der Waals surface area contributed by atoms with Crippen molar-refractivity contribution in [3.05, 3.63) is 23.8 Å². The molecule has 2 amide bonds. The fourth-order valence-corrected chi connectivity index (χ4v) is 3.05. The lowest BCUT2D eigenvalue weighted by Gasteiger charge is -2.35. The van der Waals surface area contributed by atoms with Gasteiger partial charge in [-0.15, -0.1) is 5.06 Å². The van der Waals surface area contributed by atoms with Crippen molar-refractivity contribution in [2.75, 3.05) is 0 Å². The highest BCUT2D eigenvalue weighted by Gasteiger charge is 2.40. The number of nitrogens with zero attached hydrogens (tertiary/aromatic N) is 1. The van der Waals surface area contributed by atoms with E-state index in [-0.39, 0.29) is 18.8 Å². The van der Waals surface area contributed by atoms with Crippen molar-refractivity contribution in [3.8, 4) is 0 Å². The van der Waals surface area contributed by atoms with Crippen LogP contribution in [-0.4, -0.2) is 22.8 Å². The molecule has 0 N–H and O–H groups in total. The van der Waals surface area contributed by atoms with Gasteiger partial charge >= 0.3 is 5.97 Å². The lowest BCUT2D eigenvalue weighted by atomic mass is 9.69. The van der Waals surface area contributed by atoms with Gasteiger partial charge in [-0.1, -0.05) is 18.2 Å². The van der Waals surface area contributed by atoms with Crippen LogP contribution < -0.4 is 0 Å². The van der Waals surface area contributed by atoms with E-state index in [2.05, 4.69) is 12.2 Å². The fourth-order valence-electron chi connectivity index (χ4n) is 3.05. The van der Waals surface area contributed by atoms with Gasteiger partial charge in [0.25, 0.3) is 11.8 Å². The molecule has 2 aliphatic carbocycles. The van der Waals surface area contributed by atoms with Crippen molar-refractivity contribution in [3.63, 3.8) is 0 Å². The van der Waals surface area contributed by atoms with Crippen LogP contribution in [0.4, 0.5) is 0 Å². The zero-order valence-corrected chi connectivity index (χ0v) is 11.2. The lowest BCUT2D eigenvalue weighted by molar-refractivity contribution is -0.195. The van der Waals surface area contributed by atoms with Crippen LogP contribution in [0.3, 0.4) is 0 Å². The standard InChI is InChI=1S/C15H17NO4/c17-13-7-8-14(18)16(13)20-15(19)12-9-10-5-3-1-2-4-6-11(10)12/h1-2,9-11H,3-8H2/b2-1-. The van der Waals surface area contributed by atoms with Gasteiger partial charge in [0.1, 0.15) is 0 Å². The van der Waals surface area contributed by atoms with Crippen molar-refractivity contribution in [2.45, 2.75) is 38.5 Å². The summed E-state index contributed by atoms with van der Waals surface area (Å²) in [6.45, 7) is 0. The number of hydrogen-bond acceptors (Lipinski definition) is 4. The Morgan fingerprint density at radius 2 is 1.75 bits per heavy atom. The summed E-state index contributed by atoms with van der Waals surface area (Å²) >= 11 is 0. The molecule has 0 bridgehead atoms. The highest BCUT2D eigenvalue weighted by molar-refractivity contribution is 6.02. The SMILES string of the molecule is O=C(ON1C(=O)CCC1=O)C1=CC2CC/C=C\CCC12. The van der Waals surface area contributed by atoms with E-state index in [1.807, 2.05) is 6.08 Å². The second kappa shape index (κ2) is 5.23. The van der Waals surface area contributed by atoms with Gasteiger partial charge in [0.2, 0.25) is 0 Å². The van der Waals surface area contributed by atoms with Crippen molar-refractivity contribution >= 4 is 17.8 Å². The van der Waals surface area contributed by atoms with E-state index in [0.717, 1.165) is 25.7 Å². The second-order valence-electron chi connectivity index (χ2n) is 5.48. The van der Waals surface area contributed by atoms with Crippen molar-refractivity contribution in [1.29, 1.82) is 0 Å². The van der Waals surface area contributed by atoms with Gasteiger partial charge in [0, 0.05) is 18.4 Å². The first kappa shape index (κ1) is 13.1. The molecule has 0 radical (unpaired) electrons. The summed E-state index contributed by atoms with van der Waals surface area (Å²) in [5, 5.41) is 0.624. The molecule has 3 rings (SSSR count). The molecule has 1 heterocycles. The molecule has 0 aromatic heterocycles. The minimum atomic E-state index is -0.542. The maximum absolute atomic E-state index is 12.1. The second-order valence-corrected chi connectivity index (χ2v) is 5.48. The predicted molar refractivity (Wildman–Crippen MR) is 69.9 cm³/mol. The largest absolute Gasteiger partial charge is 0.359 e. The van der Waals surface area contributed by atoms with Crippen molar-refractivity contribution < 1.29 is 19.2 Å². The maximum atomic E-state index is 12.1. The van der Waals surface area contributed by atoms with Crippen LogP contribution in [0, 0.1) is 11.8 Å². The molecule has 2 unspecified atom stereocenters. The molecule has 20 heavy (non-hydrogen) atoms. The average Bonchev–Trinajstić information content (AvgIpc) is 2.69. The molecule has 0 spiro atoms. The number of imide groups is 1. The number of amides is 2. The third-order valence-electron chi connectivity index (χ3n) is 4.20. The number of rotatable bonds is 2. The molecule has 1 saturated heterocycles. The number of fused-ring (bicyclic) bond motifs is 1. The molecule has 0 saturated carbocycles. The minimum absolute atomic E-state index is 0.127. The van der Waals surface area contributed by atoms with E-state index >= 15 is 0 Å². The first-order valence-corrected chi connectivity index (χ1v) is 7.11. The Kier molecular flexibility index (Phi) is 3.42. The van der Waals surface area contributed by atoms with Crippen LogP contribution in [-0.2, 0) is 19.2 Å². The van der Waals surface area contributed by atoms with Gasteiger partial charge in [0.05, 0.1) is 0 Å². The summed E-state index contributed by atoms with van der Waals surface area (Å²) in [6.07, 6.45) is 10.5. The fraction of sp³-hybridized carbons (Fsp3) is 0.533. The summed E-state index contributed by atoms with van der Waals surface area (Å²) in [4.78, 5) is 39.9. The molecule has 1 aliphatic heterocycles. The molecular weight excluding hydrogens is 258 g/mol.